The maximum Gasteiger partial charge on any atom is 0.143 e. The van der Waals surface area contributed by atoms with E-state index in [0.717, 1.165) is 55.0 Å². The van der Waals surface area contributed by atoms with Gasteiger partial charge in [-0.1, -0.05) is 142 Å². The predicted octanol–water partition coefficient (Wildman–Crippen LogP) is 14.7. The monoisotopic (exact) mass is 666 g/mol. The predicted molar refractivity (Wildman–Crippen MR) is 220 cm³/mol. The molecule has 2 aromatic heterocycles. The fraction of sp³-hybridized carbons (Fsp3) is 0.0800. The summed E-state index contributed by atoms with van der Waals surface area (Å²) < 4.78 is 12.7. The second kappa shape index (κ2) is 10.6. The minimum atomic E-state index is 0.0536. The van der Waals surface area contributed by atoms with E-state index in [2.05, 4.69) is 148 Å². The summed E-state index contributed by atoms with van der Waals surface area (Å²) in [4.78, 5) is 0. The molecule has 0 amide bonds. The minimum Gasteiger partial charge on any atom is -0.456 e. The van der Waals surface area contributed by atoms with Crippen molar-refractivity contribution >= 4 is 76.2 Å². The summed E-state index contributed by atoms with van der Waals surface area (Å²) >= 11 is 0. The third-order valence-electron chi connectivity index (χ3n) is 11.2. The van der Waals surface area contributed by atoms with Gasteiger partial charge >= 0.3 is 0 Å². The zero-order chi connectivity index (χ0) is 34.7. The maximum absolute atomic E-state index is 6.41. The minimum absolute atomic E-state index is 0.0536. The van der Waals surface area contributed by atoms with Crippen LogP contribution in [0.5, 0.6) is 0 Å². The molecule has 0 saturated heterocycles. The Morgan fingerprint density at radius 3 is 1.62 bits per heavy atom. The van der Waals surface area contributed by atoms with Crippen molar-refractivity contribution in [1.82, 2.24) is 0 Å². The molecule has 0 aliphatic rings. The van der Waals surface area contributed by atoms with Crippen LogP contribution in [-0.2, 0) is 5.41 Å². The first-order valence-corrected chi connectivity index (χ1v) is 18.1. The van der Waals surface area contributed by atoms with Crippen molar-refractivity contribution in [3.8, 4) is 33.4 Å². The van der Waals surface area contributed by atoms with E-state index in [0.29, 0.717) is 0 Å². The standard InChI is InChI=1S/C50H34O2/c1-50(2,3)34-25-32-19-22-38-41(30-17-15-29(16-18-30)35-11-8-12-40-36-9-4-7-14-45(36)52-49(35)40)28-42(39-23-20-33(26-34)47(32)48(38)39)31-21-24-46-43(27-31)37-10-5-6-13-44(37)51-46/h4-28H,1-3H3. The van der Waals surface area contributed by atoms with E-state index in [4.69, 9.17) is 8.83 Å². The molecule has 0 aliphatic carbocycles. The largest absolute Gasteiger partial charge is 0.456 e. The lowest BCUT2D eigenvalue weighted by Gasteiger charge is -2.23. The van der Waals surface area contributed by atoms with Gasteiger partial charge in [0.1, 0.15) is 22.3 Å². The summed E-state index contributed by atoms with van der Waals surface area (Å²) in [7, 11) is 0. The van der Waals surface area contributed by atoms with E-state index in [1.54, 1.807) is 0 Å². The zero-order valence-corrected chi connectivity index (χ0v) is 29.3. The van der Waals surface area contributed by atoms with Crippen LogP contribution in [0.15, 0.2) is 160 Å². The molecule has 0 atom stereocenters. The number of para-hydroxylation sites is 3. The normalized spacial score (nSPS) is 12.5. The first-order valence-electron chi connectivity index (χ1n) is 18.1. The Bertz CT molecular complexity index is 3180. The van der Waals surface area contributed by atoms with Gasteiger partial charge in [0.15, 0.2) is 0 Å². The Morgan fingerprint density at radius 2 is 0.923 bits per heavy atom. The van der Waals surface area contributed by atoms with Gasteiger partial charge in [0.05, 0.1) is 0 Å². The molecule has 2 nitrogen and oxygen atoms in total. The van der Waals surface area contributed by atoms with Crippen molar-refractivity contribution in [1.29, 1.82) is 0 Å². The summed E-state index contributed by atoms with van der Waals surface area (Å²) in [6.45, 7) is 6.89. The second-order valence-electron chi connectivity index (χ2n) is 15.3. The summed E-state index contributed by atoms with van der Waals surface area (Å²) in [5, 5.41) is 12.3. The van der Waals surface area contributed by atoms with Gasteiger partial charge in [-0.2, -0.15) is 0 Å². The Labute approximate surface area is 300 Å². The van der Waals surface area contributed by atoms with Gasteiger partial charge in [-0.25, -0.2) is 0 Å². The topological polar surface area (TPSA) is 26.3 Å². The van der Waals surface area contributed by atoms with Gasteiger partial charge in [-0.05, 0) is 101 Å². The van der Waals surface area contributed by atoms with Crippen LogP contribution in [0.4, 0.5) is 0 Å². The van der Waals surface area contributed by atoms with Gasteiger partial charge in [-0.3, -0.25) is 0 Å². The van der Waals surface area contributed by atoms with Crippen molar-refractivity contribution < 1.29 is 8.83 Å². The van der Waals surface area contributed by atoms with E-state index in [1.807, 2.05) is 24.3 Å². The van der Waals surface area contributed by atoms with Crippen molar-refractivity contribution in [3.63, 3.8) is 0 Å². The molecule has 0 unspecified atom stereocenters. The lowest BCUT2D eigenvalue weighted by Crippen LogP contribution is -2.10. The highest BCUT2D eigenvalue weighted by Gasteiger charge is 2.21. The van der Waals surface area contributed by atoms with E-state index in [9.17, 15) is 0 Å². The molecule has 246 valence electrons. The molecule has 0 radical (unpaired) electrons. The van der Waals surface area contributed by atoms with Crippen LogP contribution in [0.1, 0.15) is 26.3 Å². The first-order chi connectivity index (χ1) is 25.4. The first kappa shape index (κ1) is 29.4. The molecule has 11 aromatic rings. The lowest BCUT2D eigenvalue weighted by molar-refractivity contribution is 0.591. The van der Waals surface area contributed by atoms with Gasteiger partial charge in [0.25, 0.3) is 0 Å². The molecule has 2 heteroatoms. The number of benzene rings is 9. The lowest BCUT2D eigenvalue weighted by atomic mass is 9.81. The van der Waals surface area contributed by atoms with Crippen LogP contribution in [0.2, 0.25) is 0 Å². The molecule has 0 saturated carbocycles. The Morgan fingerprint density at radius 1 is 0.365 bits per heavy atom. The maximum atomic E-state index is 6.41. The third-order valence-corrected chi connectivity index (χ3v) is 11.2. The van der Waals surface area contributed by atoms with Crippen LogP contribution in [0, 0.1) is 0 Å². The van der Waals surface area contributed by atoms with E-state index >= 15 is 0 Å². The average molecular weight is 667 g/mol. The van der Waals surface area contributed by atoms with Gasteiger partial charge < -0.3 is 8.83 Å². The van der Waals surface area contributed by atoms with Crippen LogP contribution < -0.4 is 0 Å². The molecule has 0 spiro atoms. The van der Waals surface area contributed by atoms with Crippen LogP contribution in [-0.4, -0.2) is 0 Å². The van der Waals surface area contributed by atoms with Crippen LogP contribution >= 0.6 is 0 Å². The number of furan rings is 2. The molecular formula is C50H34O2. The smallest absolute Gasteiger partial charge is 0.143 e. The number of rotatable bonds is 3. The summed E-state index contributed by atoms with van der Waals surface area (Å²) in [5.41, 5.74) is 12.1. The number of fused-ring (bicyclic) bond motifs is 6. The van der Waals surface area contributed by atoms with Crippen molar-refractivity contribution in [2.45, 2.75) is 26.2 Å². The fourth-order valence-corrected chi connectivity index (χ4v) is 8.52. The molecule has 0 fully saturated rings. The van der Waals surface area contributed by atoms with E-state index in [1.165, 1.54) is 60.1 Å². The second-order valence-corrected chi connectivity index (χ2v) is 15.3. The zero-order valence-electron chi connectivity index (χ0n) is 29.3. The molecule has 0 bridgehead atoms. The highest BCUT2D eigenvalue weighted by atomic mass is 16.3. The quantitative estimate of drug-likeness (QED) is 0.175. The molecule has 2 heterocycles. The Hall–Kier alpha value is -6.38. The molecule has 0 aliphatic heterocycles. The third kappa shape index (κ3) is 4.25. The highest BCUT2D eigenvalue weighted by molar-refractivity contribution is 6.28. The summed E-state index contributed by atoms with van der Waals surface area (Å²) in [5.74, 6) is 0. The highest BCUT2D eigenvalue weighted by Crippen LogP contribution is 2.46. The van der Waals surface area contributed by atoms with Crippen LogP contribution in [0.3, 0.4) is 0 Å². The molecule has 52 heavy (non-hydrogen) atoms. The van der Waals surface area contributed by atoms with Crippen LogP contribution in [0.25, 0.3) is 110 Å². The van der Waals surface area contributed by atoms with Gasteiger partial charge in [0.2, 0.25) is 0 Å². The molecule has 9 aromatic carbocycles. The number of hydrogen-bond donors (Lipinski definition) is 0. The van der Waals surface area contributed by atoms with Crippen molar-refractivity contribution in [3.05, 3.63) is 157 Å². The summed E-state index contributed by atoms with van der Waals surface area (Å²) in [6, 6.07) is 55.3. The fourth-order valence-electron chi connectivity index (χ4n) is 8.52. The Kier molecular flexibility index (Phi) is 5.97. The number of hydrogen-bond acceptors (Lipinski definition) is 2. The average Bonchev–Trinajstić information content (AvgIpc) is 3.74. The Balaban J connectivity index is 1.16. The molecule has 11 rings (SSSR count). The summed E-state index contributed by atoms with van der Waals surface area (Å²) in [6.07, 6.45) is 0. The van der Waals surface area contributed by atoms with Gasteiger partial charge in [-0.15, -0.1) is 0 Å². The SMILES string of the molecule is CC(C)(C)c1cc2ccc3c(-c4ccc(-c5cccc6c5oc5ccccc56)cc4)cc(-c4ccc5oc6ccccc6c5c4)c4ccc(c1)c2c34. The van der Waals surface area contributed by atoms with Gasteiger partial charge in [0, 0.05) is 27.1 Å². The van der Waals surface area contributed by atoms with Crippen molar-refractivity contribution in [2.75, 3.05) is 0 Å². The van der Waals surface area contributed by atoms with Crippen molar-refractivity contribution in [2.24, 2.45) is 0 Å². The molecular weight excluding hydrogens is 633 g/mol. The molecule has 0 N–H and O–H groups in total. The van der Waals surface area contributed by atoms with E-state index in [-0.39, 0.29) is 5.41 Å². The van der Waals surface area contributed by atoms with E-state index < -0.39 is 0 Å².